The van der Waals surface area contributed by atoms with Gasteiger partial charge in [0.25, 0.3) is 5.91 Å². The average Bonchev–Trinajstić information content (AvgIpc) is 3.27. The first-order chi connectivity index (χ1) is 16.4. The van der Waals surface area contributed by atoms with Crippen LogP contribution in [-0.4, -0.2) is 59.9 Å². The Bertz CT molecular complexity index is 1340. The van der Waals surface area contributed by atoms with E-state index in [2.05, 4.69) is 48.1 Å². The van der Waals surface area contributed by atoms with Gasteiger partial charge in [0.2, 0.25) is 0 Å². The van der Waals surface area contributed by atoms with Gasteiger partial charge < -0.3 is 14.8 Å². The highest BCUT2D eigenvalue weighted by Crippen LogP contribution is 2.34. The Morgan fingerprint density at radius 3 is 2.53 bits per heavy atom. The Labute approximate surface area is 201 Å². The van der Waals surface area contributed by atoms with Crippen LogP contribution in [0.4, 0.5) is 0 Å². The molecule has 1 N–H and O–H groups in total. The second-order valence-electron chi connectivity index (χ2n) is 9.77. The second kappa shape index (κ2) is 9.07. The second-order valence-corrected chi connectivity index (χ2v) is 9.77. The summed E-state index contributed by atoms with van der Waals surface area (Å²) in [6.45, 7) is 4.57. The molecule has 0 saturated carbocycles. The van der Waals surface area contributed by atoms with Gasteiger partial charge in [-0.05, 0) is 79.7 Å². The summed E-state index contributed by atoms with van der Waals surface area (Å²) in [7, 11) is 5.76. The molecule has 4 aromatic rings. The average molecular weight is 453 g/mol. The van der Waals surface area contributed by atoms with E-state index in [0.29, 0.717) is 11.5 Å². The number of fused-ring (bicyclic) bond motifs is 1. The smallest absolute Gasteiger partial charge is 0.253 e. The molecule has 34 heavy (non-hydrogen) atoms. The fraction of sp³-hybridized carbons (Fsp3) is 0.310. The molecule has 3 heterocycles. The van der Waals surface area contributed by atoms with Crippen molar-refractivity contribution < 1.29 is 4.79 Å². The summed E-state index contributed by atoms with van der Waals surface area (Å²) in [5, 5.41) is 1.08. The van der Waals surface area contributed by atoms with E-state index in [-0.39, 0.29) is 5.91 Å². The minimum absolute atomic E-state index is 0.00752. The van der Waals surface area contributed by atoms with Crippen LogP contribution in [0.2, 0.25) is 0 Å². The molecule has 1 fully saturated rings. The molecule has 1 amide bonds. The molecule has 174 valence electrons. The topological polar surface area (TPSA) is 52.2 Å². The van der Waals surface area contributed by atoms with Crippen molar-refractivity contribution in [3.63, 3.8) is 0 Å². The Morgan fingerprint density at radius 1 is 1.06 bits per heavy atom. The molecule has 5 heteroatoms. The van der Waals surface area contributed by atoms with Gasteiger partial charge in [-0.1, -0.05) is 30.3 Å². The minimum Gasteiger partial charge on any atom is -0.346 e. The zero-order valence-electron chi connectivity index (χ0n) is 20.4. The Hall–Kier alpha value is -3.44. The van der Waals surface area contributed by atoms with Crippen LogP contribution in [0, 0.1) is 6.92 Å². The zero-order valence-corrected chi connectivity index (χ0v) is 20.4. The van der Waals surface area contributed by atoms with Crippen molar-refractivity contribution in [3.05, 3.63) is 77.6 Å². The normalized spacial score (nSPS) is 16.6. The van der Waals surface area contributed by atoms with Crippen LogP contribution in [-0.2, 0) is 0 Å². The van der Waals surface area contributed by atoms with Crippen molar-refractivity contribution in [2.75, 3.05) is 34.2 Å². The molecule has 0 radical (unpaired) electrons. The first-order valence-corrected chi connectivity index (χ1v) is 12.0. The molecule has 0 spiro atoms. The molecule has 0 bridgehead atoms. The first-order valence-electron chi connectivity index (χ1n) is 12.0. The number of benzene rings is 2. The largest absolute Gasteiger partial charge is 0.346 e. The Morgan fingerprint density at radius 2 is 1.82 bits per heavy atom. The van der Waals surface area contributed by atoms with Gasteiger partial charge in [-0.3, -0.25) is 4.79 Å². The maximum Gasteiger partial charge on any atom is 0.253 e. The van der Waals surface area contributed by atoms with Crippen LogP contribution >= 0.6 is 0 Å². The number of piperidine rings is 1. The Kier molecular flexibility index (Phi) is 5.96. The molecule has 5 rings (SSSR count). The highest BCUT2D eigenvalue weighted by Gasteiger charge is 2.20. The third-order valence-electron chi connectivity index (χ3n) is 7.05. The molecule has 2 aromatic heterocycles. The van der Waals surface area contributed by atoms with Crippen molar-refractivity contribution in [1.82, 2.24) is 19.8 Å². The van der Waals surface area contributed by atoms with Crippen LogP contribution in [0.5, 0.6) is 0 Å². The fourth-order valence-electron chi connectivity index (χ4n) is 5.18. The molecule has 1 atom stereocenters. The van der Waals surface area contributed by atoms with E-state index in [0.717, 1.165) is 34.3 Å². The first kappa shape index (κ1) is 22.4. The van der Waals surface area contributed by atoms with Gasteiger partial charge in [-0.2, -0.15) is 0 Å². The highest BCUT2D eigenvalue weighted by molar-refractivity contribution is 5.98. The van der Waals surface area contributed by atoms with Crippen molar-refractivity contribution in [3.8, 4) is 22.3 Å². The number of nitrogens with one attached hydrogen (secondary N) is 1. The number of pyridine rings is 1. The third kappa shape index (κ3) is 4.24. The molecule has 1 aliphatic rings. The fourth-order valence-corrected chi connectivity index (χ4v) is 5.18. The Balaban J connectivity index is 1.46. The number of aromatic nitrogens is 2. The standard InChI is InChI=1S/C29H32N4O/c1-19-14-22(11-12-25(19)23-6-5-13-33(4)18-23)24-15-26-27(17-31-28(26)30-16-24)20-7-9-21(10-8-20)29(34)32(2)3/h7-12,14-17,23H,5-6,13,18H2,1-4H3,(H,30,31)/t23-/m1/s1. The van der Waals surface area contributed by atoms with Crippen LogP contribution in [0.15, 0.2) is 60.9 Å². The number of carbonyl (C=O) groups is 1. The molecule has 1 aliphatic heterocycles. The number of amides is 1. The minimum atomic E-state index is 0.00752. The zero-order chi connectivity index (χ0) is 23.8. The number of likely N-dealkylation sites (N-methyl/N-ethyl adjacent to an activating group) is 1. The quantitative estimate of drug-likeness (QED) is 0.431. The van der Waals surface area contributed by atoms with E-state index < -0.39 is 0 Å². The monoisotopic (exact) mass is 452 g/mol. The van der Waals surface area contributed by atoms with Gasteiger partial charge in [0.15, 0.2) is 0 Å². The highest BCUT2D eigenvalue weighted by atomic mass is 16.2. The summed E-state index contributed by atoms with van der Waals surface area (Å²) in [4.78, 5) is 24.3. The lowest BCUT2D eigenvalue weighted by atomic mass is 9.87. The van der Waals surface area contributed by atoms with Crippen molar-refractivity contribution >= 4 is 16.9 Å². The lowest BCUT2D eigenvalue weighted by Crippen LogP contribution is -2.31. The number of nitrogens with zero attached hydrogens (tertiary/aromatic N) is 3. The summed E-state index contributed by atoms with van der Waals surface area (Å²) in [6.07, 6.45) is 6.48. The summed E-state index contributed by atoms with van der Waals surface area (Å²) in [5.74, 6) is 0.625. The molecule has 0 aliphatic carbocycles. The van der Waals surface area contributed by atoms with E-state index in [1.165, 1.54) is 36.1 Å². The van der Waals surface area contributed by atoms with E-state index in [1.54, 1.807) is 19.0 Å². The predicted octanol–water partition coefficient (Wildman–Crippen LogP) is 5.72. The third-order valence-corrected chi connectivity index (χ3v) is 7.05. The van der Waals surface area contributed by atoms with E-state index >= 15 is 0 Å². The van der Waals surface area contributed by atoms with Gasteiger partial charge in [0.05, 0.1) is 0 Å². The molecule has 2 aromatic carbocycles. The number of H-pyrrole nitrogens is 1. The van der Waals surface area contributed by atoms with E-state index in [9.17, 15) is 4.79 Å². The number of aryl methyl sites for hydroxylation is 1. The van der Waals surface area contributed by atoms with Gasteiger partial charge in [-0.15, -0.1) is 0 Å². The number of carbonyl (C=O) groups excluding carboxylic acids is 1. The SMILES string of the molecule is Cc1cc(-c2cnc3[nH]cc(-c4ccc(C(=O)N(C)C)cc4)c3c2)ccc1[C@@H]1CCCN(C)C1. The summed E-state index contributed by atoms with van der Waals surface area (Å²) in [5.41, 5.74) is 8.84. The number of hydrogen-bond acceptors (Lipinski definition) is 3. The van der Waals surface area contributed by atoms with Gasteiger partial charge >= 0.3 is 0 Å². The molecule has 1 saturated heterocycles. The summed E-state index contributed by atoms with van der Waals surface area (Å²) >= 11 is 0. The predicted molar refractivity (Wildman–Crippen MR) is 139 cm³/mol. The molecular formula is C29H32N4O. The van der Waals surface area contributed by atoms with Crippen LogP contribution < -0.4 is 0 Å². The van der Waals surface area contributed by atoms with Crippen LogP contribution in [0.1, 0.15) is 40.2 Å². The van der Waals surface area contributed by atoms with E-state index in [4.69, 9.17) is 4.98 Å². The number of hydrogen-bond donors (Lipinski definition) is 1. The van der Waals surface area contributed by atoms with Crippen molar-refractivity contribution in [2.45, 2.75) is 25.7 Å². The summed E-state index contributed by atoms with van der Waals surface area (Å²) < 4.78 is 0. The van der Waals surface area contributed by atoms with Crippen molar-refractivity contribution in [2.24, 2.45) is 0 Å². The molecule has 0 unspecified atom stereocenters. The van der Waals surface area contributed by atoms with Gasteiger partial charge in [0.1, 0.15) is 5.65 Å². The number of aromatic amines is 1. The maximum atomic E-state index is 12.2. The van der Waals surface area contributed by atoms with Crippen LogP contribution in [0.3, 0.4) is 0 Å². The lowest BCUT2D eigenvalue weighted by molar-refractivity contribution is 0.0827. The van der Waals surface area contributed by atoms with Gasteiger partial charge in [0, 0.05) is 55.1 Å². The van der Waals surface area contributed by atoms with Crippen molar-refractivity contribution in [1.29, 1.82) is 0 Å². The number of likely N-dealkylation sites (tertiary alicyclic amines) is 1. The van der Waals surface area contributed by atoms with E-state index in [1.807, 2.05) is 36.7 Å². The molecule has 5 nitrogen and oxygen atoms in total. The molecular weight excluding hydrogens is 420 g/mol. The maximum absolute atomic E-state index is 12.2. The lowest BCUT2D eigenvalue weighted by Gasteiger charge is -2.31. The van der Waals surface area contributed by atoms with Crippen LogP contribution in [0.25, 0.3) is 33.3 Å². The van der Waals surface area contributed by atoms with Gasteiger partial charge in [-0.25, -0.2) is 4.98 Å². The summed E-state index contributed by atoms with van der Waals surface area (Å²) in [6, 6.07) is 16.9. The number of rotatable bonds is 4.